The maximum atomic E-state index is 5.25. The van der Waals surface area contributed by atoms with Crippen molar-refractivity contribution in [1.82, 2.24) is 4.90 Å². The maximum Gasteiger partial charge on any atom is 0.132 e. The summed E-state index contributed by atoms with van der Waals surface area (Å²) in [5.41, 5.74) is 3.67. The molecule has 0 aromatic heterocycles. The number of ether oxygens (including phenoxy) is 1. The Morgan fingerprint density at radius 3 is 2.35 bits per heavy atom. The molecule has 0 amide bonds. The zero-order chi connectivity index (χ0) is 14.7. The van der Waals surface area contributed by atoms with E-state index in [1.165, 1.54) is 11.1 Å². The molecule has 3 heteroatoms. The van der Waals surface area contributed by atoms with Gasteiger partial charge in [-0.15, -0.1) is 12.6 Å². The zero-order valence-corrected chi connectivity index (χ0v) is 13.3. The number of benzene rings is 2. The van der Waals surface area contributed by atoms with E-state index in [9.17, 15) is 0 Å². The summed E-state index contributed by atoms with van der Waals surface area (Å²) < 4.78 is 5.25. The van der Waals surface area contributed by atoms with Crippen LogP contribution < -0.4 is 4.74 Å². The van der Waals surface area contributed by atoms with Gasteiger partial charge in [0.2, 0.25) is 0 Å². The number of rotatable bonds is 4. The van der Waals surface area contributed by atoms with Crippen molar-refractivity contribution in [2.24, 2.45) is 0 Å². The lowest BCUT2D eigenvalue weighted by atomic mass is 9.99. The van der Waals surface area contributed by atoms with E-state index in [1.807, 2.05) is 12.1 Å². The third-order valence-corrected chi connectivity index (χ3v) is 4.01. The lowest BCUT2D eigenvalue weighted by molar-refractivity contribution is 0.321. The average molecular weight is 287 g/mol. The maximum absolute atomic E-state index is 5.25. The van der Waals surface area contributed by atoms with E-state index in [0.29, 0.717) is 6.04 Å². The summed E-state index contributed by atoms with van der Waals surface area (Å²) in [5, 5.41) is 0. The molecule has 0 aliphatic carbocycles. The molecular weight excluding hydrogens is 266 g/mol. The number of hydrogen-bond acceptors (Lipinski definition) is 3. The van der Waals surface area contributed by atoms with E-state index >= 15 is 0 Å². The molecule has 0 saturated heterocycles. The highest BCUT2D eigenvalue weighted by Gasteiger charge is 2.09. The first-order chi connectivity index (χ1) is 9.52. The summed E-state index contributed by atoms with van der Waals surface area (Å²) in [4.78, 5) is 3.06. The molecule has 0 N–H and O–H groups in total. The molecule has 0 saturated carbocycles. The van der Waals surface area contributed by atoms with Crippen LogP contribution in [0.2, 0.25) is 0 Å². The van der Waals surface area contributed by atoms with Crippen LogP contribution in [0.25, 0.3) is 11.1 Å². The number of hydrogen-bond donors (Lipinski definition) is 1. The molecule has 0 aliphatic rings. The van der Waals surface area contributed by atoms with E-state index < -0.39 is 0 Å². The van der Waals surface area contributed by atoms with E-state index in [0.717, 1.165) is 16.2 Å². The largest absolute Gasteiger partial charge is 0.496 e. The second-order valence-electron chi connectivity index (χ2n) is 5.15. The van der Waals surface area contributed by atoms with Gasteiger partial charge in [0.15, 0.2) is 0 Å². The van der Waals surface area contributed by atoms with Crippen molar-refractivity contribution in [2.75, 3.05) is 21.2 Å². The lowest BCUT2D eigenvalue weighted by Gasteiger charge is -2.20. The van der Waals surface area contributed by atoms with Crippen LogP contribution in [0.1, 0.15) is 18.5 Å². The first kappa shape index (κ1) is 14.9. The van der Waals surface area contributed by atoms with Crippen molar-refractivity contribution >= 4 is 12.6 Å². The van der Waals surface area contributed by atoms with Gasteiger partial charge in [-0.3, -0.25) is 0 Å². The summed E-state index contributed by atoms with van der Waals surface area (Å²) in [7, 11) is 5.85. The first-order valence-corrected chi connectivity index (χ1v) is 7.11. The van der Waals surface area contributed by atoms with Gasteiger partial charge >= 0.3 is 0 Å². The predicted octanol–water partition coefficient (Wildman–Crippen LogP) is 4.27. The van der Waals surface area contributed by atoms with E-state index in [-0.39, 0.29) is 0 Å². The Morgan fingerprint density at radius 2 is 1.75 bits per heavy atom. The third-order valence-electron chi connectivity index (χ3n) is 3.66. The van der Waals surface area contributed by atoms with E-state index in [4.69, 9.17) is 4.74 Å². The van der Waals surface area contributed by atoms with Gasteiger partial charge in [0.1, 0.15) is 5.75 Å². The summed E-state index contributed by atoms with van der Waals surface area (Å²) in [5.74, 6) is 0.801. The molecule has 2 nitrogen and oxygen atoms in total. The molecule has 0 heterocycles. The van der Waals surface area contributed by atoms with Gasteiger partial charge < -0.3 is 9.64 Å². The fraction of sp³-hybridized carbons (Fsp3) is 0.294. The molecule has 20 heavy (non-hydrogen) atoms. The first-order valence-electron chi connectivity index (χ1n) is 6.66. The molecular formula is C17H21NOS. The highest BCUT2D eigenvalue weighted by Crippen LogP contribution is 2.30. The SMILES string of the molecule is COc1ccc(-c2cccc(C(C)N(C)C)c2)cc1S. The van der Waals surface area contributed by atoms with Gasteiger partial charge in [-0.1, -0.05) is 24.3 Å². The van der Waals surface area contributed by atoms with Crippen LogP contribution in [0.15, 0.2) is 47.4 Å². The second kappa shape index (κ2) is 6.33. The summed E-state index contributed by atoms with van der Waals surface area (Å²) >= 11 is 4.46. The highest BCUT2D eigenvalue weighted by molar-refractivity contribution is 7.80. The zero-order valence-electron chi connectivity index (χ0n) is 12.4. The van der Waals surface area contributed by atoms with E-state index in [2.05, 4.69) is 68.9 Å². The van der Waals surface area contributed by atoms with Crippen LogP contribution in [-0.4, -0.2) is 26.1 Å². The Labute approximate surface area is 126 Å². The Kier molecular flexibility index (Phi) is 4.73. The Hall–Kier alpha value is -1.45. The molecule has 2 aromatic rings. The molecule has 2 rings (SSSR count). The minimum atomic E-state index is 0.392. The lowest BCUT2D eigenvalue weighted by Crippen LogP contribution is -2.16. The highest BCUT2D eigenvalue weighted by atomic mass is 32.1. The van der Waals surface area contributed by atoms with Crippen molar-refractivity contribution < 1.29 is 4.74 Å². The molecule has 0 bridgehead atoms. The fourth-order valence-electron chi connectivity index (χ4n) is 2.15. The molecule has 2 aromatic carbocycles. The van der Waals surface area contributed by atoms with Crippen molar-refractivity contribution in [1.29, 1.82) is 0 Å². The number of methoxy groups -OCH3 is 1. The monoisotopic (exact) mass is 287 g/mol. The van der Waals surface area contributed by atoms with Crippen LogP contribution in [-0.2, 0) is 0 Å². The molecule has 0 spiro atoms. The summed E-state index contributed by atoms with van der Waals surface area (Å²) in [6, 6.07) is 15.1. The normalized spacial score (nSPS) is 12.5. The Morgan fingerprint density at radius 1 is 1.05 bits per heavy atom. The van der Waals surface area contributed by atoms with Crippen LogP contribution in [0.5, 0.6) is 5.75 Å². The van der Waals surface area contributed by atoms with Crippen LogP contribution in [0, 0.1) is 0 Å². The number of thiol groups is 1. The minimum Gasteiger partial charge on any atom is -0.496 e. The van der Waals surface area contributed by atoms with Gasteiger partial charge in [0, 0.05) is 10.9 Å². The number of nitrogens with zero attached hydrogens (tertiary/aromatic N) is 1. The summed E-state index contributed by atoms with van der Waals surface area (Å²) in [6.45, 7) is 2.21. The molecule has 0 aliphatic heterocycles. The van der Waals surface area contributed by atoms with E-state index in [1.54, 1.807) is 7.11 Å². The van der Waals surface area contributed by atoms with Gasteiger partial charge in [-0.25, -0.2) is 0 Å². The average Bonchev–Trinajstić information content (AvgIpc) is 2.46. The van der Waals surface area contributed by atoms with Gasteiger partial charge in [-0.05, 0) is 55.9 Å². The smallest absolute Gasteiger partial charge is 0.132 e. The molecule has 0 fully saturated rings. The van der Waals surface area contributed by atoms with Crippen LogP contribution in [0.4, 0.5) is 0 Å². The topological polar surface area (TPSA) is 12.5 Å². The quantitative estimate of drug-likeness (QED) is 0.843. The third kappa shape index (κ3) is 3.17. The van der Waals surface area contributed by atoms with Gasteiger partial charge in [0.25, 0.3) is 0 Å². The van der Waals surface area contributed by atoms with Crippen molar-refractivity contribution in [2.45, 2.75) is 17.9 Å². The standard InChI is InChI=1S/C17H21NOS/c1-12(18(2)3)13-6-5-7-14(10-13)15-8-9-16(19-4)17(20)11-15/h5-12,20H,1-4H3. The van der Waals surface area contributed by atoms with Crippen LogP contribution in [0.3, 0.4) is 0 Å². The van der Waals surface area contributed by atoms with Gasteiger partial charge in [-0.2, -0.15) is 0 Å². The van der Waals surface area contributed by atoms with Gasteiger partial charge in [0.05, 0.1) is 7.11 Å². The molecule has 1 atom stereocenters. The second-order valence-corrected chi connectivity index (χ2v) is 5.63. The van der Waals surface area contributed by atoms with Crippen molar-refractivity contribution in [3.8, 4) is 16.9 Å². The van der Waals surface area contributed by atoms with Crippen molar-refractivity contribution in [3.63, 3.8) is 0 Å². The predicted molar refractivity (Wildman–Crippen MR) is 87.8 cm³/mol. The fourth-order valence-corrected chi connectivity index (χ4v) is 2.45. The summed E-state index contributed by atoms with van der Waals surface area (Å²) in [6.07, 6.45) is 0. The molecule has 106 valence electrons. The molecule has 1 unspecified atom stereocenters. The van der Waals surface area contributed by atoms with Crippen LogP contribution >= 0.6 is 12.6 Å². The molecule has 0 radical (unpaired) electrons. The minimum absolute atomic E-state index is 0.392. The Bertz CT molecular complexity index is 595. The van der Waals surface area contributed by atoms with Crippen molar-refractivity contribution in [3.05, 3.63) is 48.0 Å². The Balaban J connectivity index is 2.38.